The van der Waals surface area contributed by atoms with Crippen LogP contribution in [0.5, 0.6) is 0 Å². The van der Waals surface area contributed by atoms with Crippen molar-refractivity contribution in [1.82, 2.24) is 9.55 Å². The number of hydrogen-bond acceptors (Lipinski definition) is 2. The molecule has 1 aliphatic heterocycles. The summed E-state index contributed by atoms with van der Waals surface area (Å²) in [4.78, 5) is 4.60. The van der Waals surface area contributed by atoms with Crippen molar-refractivity contribution in [1.29, 1.82) is 0 Å². The average molecular weight is 264 g/mol. The van der Waals surface area contributed by atoms with E-state index in [-0.39, 0.29) is 6.04 Å². The summed E-state index contributed by atoms with van der Waals surface area (Å²) in [5.74, 6) is 0.791. The summed E-state index contributed by atoms with van der Waals surface area (Å²) in [6.45, 7) is 2.09. The highest BCUT2D eigenvalue weighted by atomic mass is 16.3. The maximum atomic E-state index is 10.3. The van der Waals surface area contributed by atoms with E-state index in [1.807, 2.05) is 24.3 Å². The van der Waals surface area contributed by atoms with E-state index >= 15 is 0 Å². The SMILES string of the molecule is Cc1ccc2nc3n(c2c1)C(c1ccccc1)CC3O. The molecule has 2 aromatic carbocycles. The molecule has 0 aliphatic carbocycles. The number of nitrogens with zero attached hydrogens (tertiary/aromatic N) is 2. The van der Waals surface area contributed by atoms with Gasteiger partial charge in [0.25, 0.3) is 0 Å². The van der Waals surface area contributed by atoms with Gasteiger partial charge in [0.1, 0.15) is 11.9 Å². The maximum Gasteiger partial charge on any atom is 0.139 e. The summed E-state index contributed by atoms with van der Waals surface area (Å²) in [6, 6.07) is 16.8. The fourth-order valence-corrected chi connectivity index (χ4v) is 3.17. The molecule has 2 unspecified atom stereocenters. The van der Waals surface area contributed by atoms with E-state index in [4.69, 9.17) is 0 Å². The van der Waals surface area contributed by atoms with Gasteiger partial charge in [-0.05, 0) is 30.2 Å². The van der Waals surface area contributed by atoms with Crippen LogP contribution in [0.1, 0.15) is 35.5 Å². The summed E-state index contributed by atoms with van der Waals surface area (Å²) in [5, 5.41) is 10.3. The number of aromatic nitrogens is 2. The summed E-state index contributed by atoms with van der Waals surface area (Å²) in [6.07, 6.45) is 0.226. The molecule has 20 heavy (non-hydrogen) atoms. The van der Waals surface area contributed by atoms with Crippen LogP contribution in [0, 0.1) is 6.92 Å². The first-order chi connectivity index (χ1) is 9.74. The number of fused-ring (bicyclic) bond motifs is 3. The zero-order chi connectivity index (χ0) is 13.7. The Morgan fingerprint density at radius 1 is 1.15 bits per heavy atom. The van der Waals surface area contributed by atoms with Crippen LogP contribution in [0.2, 0.25) is 0 Å². The molecule has 0 amide bonds. The van der Waals surface area contributed by atoms with Gasteiger partial charge in [-0.1, -0.05) is 36.4 Å². The van der Waals surface area contributed by atoms with Gasteiger partial charge in [-0.2, -0.15) is 0 Å². The van der Waals surface area contributed by atoms with Crippen LogP contribution >= 0.6 is 0 Å². The van der Waals surface area contributed by atoms with Gasteiger partial charge in [0, 0.05) is 6.42 Å². The van der Waals surface area contributed by atoms with Crippen LogP contribution in [-0.4, -0.2) is 14.7 Å². The molecule has 3 nitrogen and oxygen atoms in total. The number of benzene rings is 2. The zero-order valence-corrected chi connectivity index (χ0v) is 11.3. The number of rotatable bonds is 1. The molecule has 0 bridgehead atoms. The van der Waals surface area contributed by atoms with Crippen LogP contribution < -0.4 is 0 Å². The van der Waals surface area contributed by atoms with Gasteiger partial charge in [0.2, 0.25) is 0 Å². The molecule has 1 aliphatic rings. The molecule has 2 atom stereocenters. The molecule has 3 aromatic rings. The molecule has 0 saturated heterocycles. The first-order valence-electron chi connectivity index (χ1n) is 6.95. The largest absolute Gasteiger partial charge is 0.385 e. The lowest BCUT2D eigenvalue weighted by Gasteiger charge is -2.14. The Morgan fingerprint density at radius 3 is 2.75 bits per heavy atom. The molecular weight excluding hydrogens is 248 g/mol. The van der Waals surface area contributed by atoms with Crippen molar-refractivity contribution < 1.29 is 5.11 Å². The van der Waals surface area contributed by atoms with Crippen molar-refractivity contribution in [3.8, 4) is 0 Å². The average Bonchev–Trinajstić information content (AvgIpc) is 2.98. The third kappa shape index (κ3) is 1.60. The Bertz CT molecular complexity index is 776. The van der Waals surface area contributed by atoms with Gasteiger partial charge in [-0.3, -0.25) is 0 Å². The van der Waals surface area contributed by atoms with Crippen molar-refractivity contribution in [2.45, 2.75) is 25.5 Å². The molecule has 100 valence electrons. The van der Waals surface area contributed by atoms with E-state index < -0.39 is 6.10 Å². The second kappa shape index (κ2) is 4.18. The number of aliphatic hydroxyl groups excluding tert-OH is 1. The molecule has 0 radical (unpaired) electrons. The van der Waals surface area contributed by atoms with Gasteiger partial charge >= 0.3 is 0 Å². The van der Waals surface area contributed by atoms with Crippen molar-refractivity contribution in [2.24, 2.45) is 0 Å². The van der Waals surface area contributed by atoms with Crippen molar-refractivity contribution in [2.75, 3.05) is 0 Å². The lowest BCUT2D eigenvalue weighted by molar-refractivity contribution is 0.172. The number of aliphatic hydroxyl groups is 1. The number of imidazole rings is 1. The van der Waals surface area contributed by atoms with Crippen LogP contribution in [-0.2, 0) is 0 Å². The van der Waals surface area contributed by atoms with E-state index in [9.17, 15) is 5.11 Å². The summed E-state index contributed by atoms with van der Waals surface area (Å²) in [5.41, 5.74) is 4.52. The van der Waals surface area contributed by atoms with Crippen molar-refractivity contribution in [3.05, 3.63) is 65.5 Å². The predicted molar refractivity (Wildman–Crippen MR) is 78.6 cm³/mol. The third-order valence-corrected chi connectivity index (χ3v) is 4.11. The maximum absolute atomic E-state index is 10.3. The second-order valence-corrected chi connectivity index (χ2v) is 5.51. The monoisotopic (exact) mass is 264 g/mol. The molecule has 3 heteroatoms. The lowest BCUT2D eigenvalue weighted by Crippen LogP contribution is -2.05. The first kappa shape index (κ1) is 11.7. The van der Waals surface area contributed by atoms with Crippen molar-refractivity contribution in [3.63, 3.8) is 0 Å². The predicted octanol–water partition coefficient (Wildman–Crippen LogP) is 3.37. The molecular formula is C17H16N2O. The molecule has 0 saturated carbocycles. The Morgan fingerprint density at radius 2 is 1.95 bits per heavy atom. The van der Waals surface area contributed by atoms with E-state index in [1.54, 1.807) is 0 Å². The Kier molecular flexibility index (Phi) is 2.44. The summed E-state index contributed by atoms with van der Waals surface area (Å²) >= 11 is 0. The quantitative estimate of drug-likeness (QED) is 0.731. The van der Waals surface area contributed by atoms with Crippen LogP contribution in [0.3, 0.4) is 0 Å². The minimum absolute atomic E-state index is 0.174. The normalized spacial score (nSPS) is 21.3. The first-order valence-corrected chi connectivity index (χ1v) is 6.95. The molecule has 1 N–H and O–H groups in total. The molecule has 2 heterocycles. The smallest absolute Gasteiger partial charge is 0.139 e. The molecule has 1 aromatic heterocycles. The number of aryl methyl sites for hydroxylation is 1. The highest BCUT2D eigenvalue weighted by Gasteiger charge is 2.33. The van der Waals surface area contributed by atoms with Crippen molar-refractivity contribution >= 4 is 11.0 Å². The van der Waals surface area contributed by atoms with E-state index in [2.05, 4.69) is 40.7 Å². The highest BCUT2D eigenvalue weighted by Crippen LogP contribution is 2.40. The van der Waals surface area contributed by atoms with Crippen LogP contribution in [0.4, 0.5) is 0 Å². The minimum Gasteiger partial charge on any atom is -0.385 e. The Balaban J connectivity index is 1.97. The van der Waals surface area contributed by atoms with Gasteiger partial charge in [-0.25, -0.2) is 4.98 Å². The Labute approximate surface area is 117 Å². The fourth-order valence-electron chi connectivity index (χ4n) is 3.17. The topological polar surface area (TPSA) is 38.0 Å². The summed E-state index contributed by atoms with van der Waals surface area (Å²) < 4.78 is 2.20. The van der Waals surface area contributed by atoms with Gasteiger partial charge in [-0.15, -0.1) is 0 Å². The molecule has 0 fully saturated rings. The van der Waals surface area contributed by atoms with Gasteiger partial charge < -0.3 is 9.67 Å². The molecule has 0 spiro atoms. The van der Waals surface area contributed by atoms with Crippen LogP contribution in [0.15, 0.2) is 48.5 Å². The highest BCUT2D eigenvalue weighted by molar-refractivity contribution is 5.77. The second-order valence-electron chi connectivity index (χ2n) is 5.51. The van der Waals surface area contributed by atoms with E-state index in [1.165, 1.54) is 11.1 Å². The van der Waals surface area contributed by atoms with Gasteiger partial charge in [0.15, 0.2) is 0 Å². The molecule has 4 rings (SSSR count). The number of hydrogen-bond donors (Lipinski definition) is 1. The van der Waals surface area contributed by atoms with Crippen LogP contribution in [0.25, 0.3) is 11.0 Å². The fraction of sp³-hybridized carbons (Fsp3) is 0.235. The van der Waals surface area contributed by atoms with Gasteiger partial charge in [0.05, 0.1) is 17.1 Å². The Hall–Kier alpha value is -2.13. The minimum atomic E-state index is -0.479. The van der Waals surface area contributed by atoms with E-state index in [0.29, 0.717) is 6.42 Å². The summed E-state index contributed by atoms with van der Waals surface area (Å²) in [7, 11) is 0. The zero-order valence-electron chi connectivity index (χ0n) is 11.3. The standard InChI is InChI=1S/C17H16N2O/c1-11-7-8-13-15(9-11)19-14(10-16(20)17(19)18-13)12-5-3-2-4-6-12/h2-9,14,16,20H,10H2,1H3. The third-order valence-electron chi connectivity index (χ3n) is 4.11. The lowest BCUT2D eigenvalue weighted by atomic mass is 10.0. The van der Waals surface area contributed by atoms with E-state index in [0.717, 1.165) is 16.9 Å².